The highest BCUT2D eigenvalue weighted by atomic mass is 16.2. The highest BCUT2D eigenvalue weighted by molar-refractivity contribution is 5.93. The number of hydrogen-bond donors (Lipinski definition) is 3. The standard InChI is InChI=1S/C20H29N3O2/c1-14(15-5-7-17-16(11-15)6-8-18(24)23-17)22-19(25)12-20(13-21)9-3-2-4-10-20/h5,7,11,14H,2-4,6,8-10,12-13,21H2,1H3,(H,22,25)(H,23,24). The van der Waals surface area contributed by atoms with Gasteiger partial charge in [0.25, 0.3) is 0 Å². The molecule has 1 aromatic carbocycles. The minimum Gasteiger partial charge on any atom is -0.350 e. The van der Waals surface area contributed by atoms with Crippen molar-refractivity contribution < 1.29 is 9.59 Å². The summed E-state index contributed by atoms with van der Waals surface area (Å²) < 4.78 is 0. The first-order valence-electron chi connectivity index (χ1n) is 9.43. The Balaban J connectivity index is 1.62. The minimum absolute atomic E-state index is 0.0117. The van der Waals surface area contributed by atoms with E-state index in [9.17, 15) is 9.59 Å². The highest BCUT2D eigenvalue weighted by Crippen LogP contribution is 2.38. The Morgan fingerprint density at radius 3 is 2.76 bits per heavy atom. The van der Waals surface area contributed by atoms with Crippen molar-refractivity contribution in [3.8, 4) is 0 Å². The maximum atomic E-state index is 12.6. The van der Waals surface area contributed by atoms with Gasteiger partial charge in [-0.25, -0.2) is 0 Å². The van der Waals surface area contributed by atoms with Crippen LogP contribution in [0.1, 0.15) is 69.0 Å². The molecule has 1 aliphatic heterocycles. The topological polar surface area (TPSA) is 84.2 Å². The fraction of sp³-hybridized carbons (Fsp3) is 0.600. The van der Waals surface area contributed by atoms with Gasteiger partial charge in [-0.2, -0.15) is 0 Å². The summed E-state index contributed by atoms with van der Waals surface area (Å²) >= 11 is 0. The minimum atomic E-state index is -0.0474. The molecular formula is C20H29N3O2. The normalized spacial score (nSPS) is 20.3. The summed E-state index contributed by atoms with van der Waals surface area (Å²) in [6, 6.07) is 5.97. The number of hydrogen-bond acceptors (Lipinski definition) is 3. The predicted molar refractivity (Wildman–Crippen MR) is 99.1 cm³/mol. The number of nitrogens with two attached hydrogens (primary N) is 1. The number of amides is 2. The Hall–Kier alpha value is -1.88. The molecule has 1 aliphatic carbocycles. The van der Waals surface area contributed by atoms with Crippen molar-refractivity contribution in [2.75, 3.05) is 11.9 Å². The molecule has 1 atom stereocenters. The van der Waals surface area contributed by atoms with Crippen LogP contribution in [0, 0.1) is 5.41 Å². The SMILES string of the molecule is CC(NC(=O)CC1(CN)CCCCC1)c1ccc2c(c1)CCC(=O)N2. The van der Waals surface area contributed by atoms with Gasteiger partial charge in [-0.1, -0.05) is 31.4 Å². The molecule has 1 aromatic rings. The first-order valence-corrected chi connectivity index (χ1v) is 9.43. The quantitative estimate of drug-likeness (QED) is 0.768. The average molecular weight is 343 g/mol. The summed E-state index contributed by atoms with van der Waals surface area (Å²) in [5, 5.41) is 6.03. The molecule has 25 heavy (non-hydrogen) atoms. The Morgan fingerprint density at radius 2 is 2.04 bits per heavy atom. The Labute approximate surface area is 149 Å². The molecule has 4 N–H and O–H groups in total. The summed E-state index contributed by atoms with van der Waals surface area (Å²) in [6.07, 6.45) is 7.53. The molecule has 0 aromatic heterocycles. The van der Waals surface area contributed by atoms with Crippen LogP contribution in [0.2, 0.25) is 0 Å². The molecule has 1 fully saturated rings. The molecule has 0 spiro atoms. The van der Waals surface area contributed by atoms with E-state index in [2.05, 4.69) is 16.7 Å². The highest BCUT2D eigenvalue weighted by Gasteiger charge is 2.33. The van der Waals surface area contributed by atoms with Gasteiger partial charge in [-0.15, -0.1) is 0 Å². The Bertz CT molecular complexity index is 650. The van der Waals surface area contributed by atoms with Gasteiger partial charge in [0.2, 0.25) is 11.8 Å². The number of nitrogens with one attached hydrogen (secondary N) is 2. The Morgan fingerprint density at radius 1 is 1.28 bits per heavy atom. The van der Waals surface area contributed by atoms with Crippen LogP contribution in [-0.4, -0.2) is 18.4 Å². The fourth-order valence-electron chi connectivity index (χ4n) is 4.14. The van der Waals surface area contributed by atoms with E-state index in [-0.39, 0.29) is 23.3 Å². The lowest BCUT2D eigenvalue weighted by Crippen LogP contribution is -2.39. The van der Waals surface area contributed by atoms with Gasteiger partial charge in [-0.3, -0.25) is 9.59 Å². The van der Waals surface area contributed by atoms with Gasteiger partial charge in [0.1, 0.15) is 0 Å². The van der Waals surface area contributed by atoms with E-state index in [0.717, 1.165) is 36.1 Å². The lowest BCUT2D eigenvalue weighted by Gasteiger charge is -2.36. The maximum Gasteiger partial charge on any atom is 0.224 e. The van der Waals surface area contributed by atoms with Crippen LogP contribution in [0.4, 0.5) is 5.69 Å². The lowest BCUT2D eigenvalue weighted by atomic mass is 9.71. The summed E-state index contributed by atoms with van der Waals surface area (Å²) in [4.78, 5) is 24.0. The van der Waals surface area contributed by atoms with Crippen molar-refractivity contribution >= 4 is 17.5 Å². The van der Waals surface area contributed by atoms with E-state index < -0.39 is 0 Å². The molecule has 0 bridgehead atoms. The van der Waals surface area contributed by atoms with E-state index in [1.165, 1.54) is 19.3 Å². The summed E-state index contributed by atoms with van der Waals surface area (Å²) in [7, 11) is 0. The van der Waals surface area contributed by atoms with Crippen LogP contribution >= 0.6 is 0 Å². The molecule has 5 heteroatoms. The van der Waals surface area contributed by atoms with E-state index >= 15 is 0 Å². The van der Waals surface area contributed by atoms with Crippen molar-refractivity contribution in [2.24, 2.45) is 11.1 Å². The van der Waals surface area contributed by atoms with Crippen LogP contribution in [-0.2, 0) is 16.0 Å². The van der Waals surface area contributed by atoms with Gasteiger partial charge in [0.05, 0.1) is 6.04 Å². The molecule has 136 valence electrons. The third kappa shape index (κ3) is 4.21. The van der Waals surface area contributed by atoms with Crippen LogP contribution in [0.15, 0.2) is 18.2 Å². The number of carbonyl (C=O) groups excluding carboxylic acids is 2. The number of fused-ring (bicyclic) bond motifs is 1. The number of benzene rings is 1. The summed E-state index contributed by atoms with van der Waals surface area (Å²) in [5.74, 6) is 0.159. The van der Waals surface area contributed by atoms with Crippen molar-refractivity contribution in [1.29, 1.82) is 0 Å². The molecular weight excluding hydrogens is 314 g/mol. The fourth-order valence-corrected chi connectivity index (χ4v) is 4.14. The number of anilines is 1. The molecule has 1 saturated carbocycles. The number of rotatable bonds is 5. The zero-order chi connectivity index (χ0) is 17.9. The van der Waals surface area contributed by atoms with Gasteiger partial charge in [-0.05, 0) is 55.3 Å². The van der Waals surface area contributed by atoms with Crippen molar-refractivity contribution in [3.05, 3.63) is 29.3 Å². The predicted octanol–water partition coefficient (Wildman–Crippen LogP) is 3.05. The van der Waals surface area contributed by atoms with Crippen LogP contribution in [0.3, 0.4) is 0 Å². The van der Waals surface area contributed by atoms with Crippen molar-refractivity contribution in [1.82, 2.24) is 5.32 Å². The van der Waals surface area contributed by atoms with Gasteiger partial charge in [0.15, 0.2) is 0 Å². The largest absolute Gasteiger partial charge is 0.350 e. The molecule has 5 nitrogen and oxygen atoms in total. The van der Waals surface area contributed by atoms with Crippen molar-refractivity contribution in [3.63, 3.8) is 0 Å². The second kappa shape index (κ2) is 7.56. The van der Waals surface area contributed by atoms with Crippen molar-refractivity contribution in [2.45, 2.75) is 64.3 Å². The number of aryl methyl sites for hydroxylation is 1. The molecule has 2 amide bonds. The van der Waals surface area contributed by atoms with E-state index in [1.807, 2.05) is 19.1 Å². The molecule has 3 rings (SSSR count). The second-order valence-electron chi connectivity index (χ2n) is 7.70. The van der Waals surface area contributed by atoms with Gasteiger partial charge < -0.3 is 16.4 Å². The average Bonchev–Trinajstić information content (AvgIpc) is 2.61. The maximum absolute atomic E-state index is 12.6. The monoisotopic (exact) mass is 343 g/mol. The Kier molecular flexibility index (Phi) is 5.42. The smallest absolute Gasteiger partial charge is 0.224 e. The van der Waals surface area contributed by atoms with E-state index in [1.54, 1.807) is 0 Å². The van der Waals surface area contributed by atoms with E-state index in [4.69, 9.17) is 5.73 Å². The molecule has 0 radical (unpaired) electrons. The third-order valence-electron chi connectivity index (χ3n) is 5.79. The molecule has 1 heterocycles. The number of carbonyl (C=O) groups is 2. The zero-order valence-electron chi connectivity index (χ0n) is 15.1. The molecule has 2 aliphatic rings. The van der Waals surface area contributed by atoms with E-state index in [0.29, 0.717) is 19.4 Å². The second-order valence-corrected chi connectivity index (χ2v) is 7.70. The lowest BCUT2D eigenvalue weighted by molar-refractivity contribution is -0.124. The van der Waals surface area contributed by atoms with Crippen LogP contribution in [0.5, 0.6) is 0 Å². The molecule has 0 saturated heterocycles. The first-order chi connectivity index (χ1) is 12.0. The summed E-state index contributed by atoms with van der Waals surface area (Å²) in [5.41, 5.74) is 9.10. The van der Waals surface area contributed by atoms with Crippen LogP contribution in [0.25, 0.3) is 0 Å². The summed E-state index contributed by atoms with van der Waals surface area (Å²) in [6.45, 7) is 2.60. The zero-order valence-corrected chi connectivity index (χ0v) is 15.1. The van der Waals surface area contributed by atoms with Gasteiger partial charge in [0, 0.05) is 18.5 Å². The molecule has 1 unspecified atom stereocenters. The van der Waals surface area contributed by atoms with Gasteiger partial charge >= 0.3 is 0 Å². The first kappa shape index (κ1) is 17.9. The third-order valence-corrected chi connectivity index (χ3v) is 5.79. The van der Waals surface area contributed by atoms with Crippen LogP contribution < -0.4 is 16.4 Å².